The number of amides is 4. The van der Waals surface area contributed by atoms with Crippen molar-refractivity contribution in [2.24, 2.45) is 0 Å². The first-order chi connectivity index (χ1) is 20.1. The van der Waals surface area contributed by atoms with E-state index in [1.54, 1.807) is 24.3 Å². The molecule has 2 saturated heterocycles. The molecule has 4 amide bonds. The standard InChI is InChI=1S/C32H36N6O4/c1-35(16-14-21-6-10-23(33)11-7-21)27-19-29(39)37(31(27)41)25-4-3-5-26(18-25)38-30(40)20-28(32(38)42)36(2)17-15-22-8-12-24(34)13-9-22/h3-13,18,27-28H,14-17,19-20,33-34H2,1-2H3. The molecule has 2 atom stereocenters. The number of nitrogens with zero attached hydrogens (tertiary/aromatic N) is 4. The molecule has 10 nitrogen and oxygen atoms in total. The maximum atomic E-state index is 13.4. The molecule has 3 aromatic rings. The molecule has 2 fully saturated rings. The van der Waals surface area contributed by atoms with Crippen LogP contribution in [-0.2, 0) is 32.0 Å². The van der Waals surface area contributed by atoms with Gasteiger partial charge in [-0.25, -0.2) is 9.80 Å². The Bertz CT molecular complexity index is 1380. The van der Waals surface area contributed by atoms with Gasteiger partial charge in [0, 0.05) is 24.5 Å². The van der Waals surface area contributed by atoms with Gasteiger partial charge in [-0.05, 0) is 80.5 Å². The summed E-state index contributed by atoms with van der Waals surface area (Å²) in [6.07, 6.45) is 1.53. The van der Waals surface area contributed by atoms with E-state index in [-0.39, 0.29) is 36.5 Å². The number of nitrogen functional groups attached to an aromatic ring is 2. The van der Waals surface area contributed by atoms with Crippen LogP contribution >= 0.6 is 0 Å². The van der Waals surface area contributed by atoms with Crippen LogP contribution in [0, 0.1) is 0 Å². The molecule has 0 spiro atoms. The number of imide groups is 2. The van der Waals surface area contributed by atoms with Crippen LogP contribution in [0.25, 0.3) is 0 Å². The second-order valence-corrected chi connectivity index (χ2v) is 11.0. The predicted molar refractivity (Wildman–Crippen MR) is 163 cm³/mol. The molecule has 5 rings (SSSR count). The van der Waals surface area contributed by atoms with Crippen molar-refractivity contribution in [1.82, 2.24) is 9.80 Å². The van der Waals surface area contributed by atoms with Gasteiger partial charge in [-0.1, -0.05) is 30.3 Å². The molecule has 0 radical (unpaired) electrons. The molecule has 0 bridgehead atoms. The third-order valence-corrected chi connectivity index (χ3v) is 8.12. The Kier molecular flexibility index (Phi) is 8.37. The normalized spacial score (nSPS) is 19.1. The molecular formula is C32H36N6O4. The van der Waals surface area contributed by atoms with Crippen molar-refractivity contribution in [1.29, 1.82) is 0 Å². The number of anilines is 4. The Morgan fingerprint density at radius 1 is 0.643 bits per heavy atom. The summed E-state index contributed by atoms with van der Waals surface area (Å²) >= 11 is 0. The SMILES string of the molecule is CN(CCc1ccc(N)cc1)C1CC(=O)N(c2cccc(N3C(=O)CC(N(C)CCc4ccc(N)cc4)C3=O)c2)C1=O. The van der Waals surface area contributed by atoms with Gasteiger partial charge >= 0.3 is 0 Å². The summed E-state index contributed by atoms with van der Waals surface area (Å²) in [6.45, 7) is 1.18. The molecule has 2 heterocycles. The monoisotopic (exact) mass is 568 g/mol. The highest BCUT2D eigenvalue weighted by atomic mass is 16.2. The number of carbonyl (C=O) groups is 4. The molecule has 2 aliphatic heterocycles. The zero-order valence-corrected chi connectivity index (χ0v) is 23.9. The second-order valence-electron chi connectivity index (χ2n) is 11.0. The lowest BCUT2D eigenvalue weighted by Crippen LogP contribution is -2.41. The van der Waals surface area contributed by atoms with E-state index in [1.807, 2.05) is 72.4 Å². The molecule has 4 N–H and O–H groups in total. The fourth-order valence-corrected chi connectivity index (χ4v) is 5.53. The van der Waals surface area contributed by atoms with Crippen molar-refractivity contribution >= 4 is 46.4 Å². The molecular weight excluding hydrogens is 532 g/mol. The number of benzene rings is 3. The third-order valence-electron chi connectivity index (χ3n) is 8.12. The zero-order valence-electron chi connectivity index (χ0n) is 23.9. The Labute approximate surface area is 245 Å². The van der Waals surface area contributed by atoms with Gasteiger partial charge in [-0.2, -0.15) is 0 Å². The van der Waals surface area contributed by atoms with Crippen LogP contribution in [0.4, 0.5) is 22.7 Å². The van der Waals surface area contributed by atoms with Gasteiger partial charge in [0.1, 0.15) is 0 Å². The maximum absolute atomic E-state index is 13.4. The van der Waals surface area contributed by atoms with E-state index in [4.69, 9.17) is 11.5 Å². The van der Waals surface area contributed by atoms with E-state index in [1.165, 1.54) is 0 Å². The second kappa shape index (κ2) is 12.1. The van der Waals surface area contributed by atoms with Crippen LogP contribution in [0.5, 0.6) is 0 Å². The van der Waals surface area contributed by atoms with E-state index in [0.717, 1.165) is 20.9 Å². The molecule has 0 aliphatic carbocycles. The summed E-state index contributed by atoms with van der Waals surface area (Å²) in [5.41, 5.74) is 15.8. The first-order valence-corrected chi connectivity index (χ1v) is 14.1. The summed E-state index contributed by atoms with van der Waals surface area (Å²) in [6, 6.07) is 20.5. The smallest absolute Gasteiger partial charge is 0.251 e. The molecule has 0 saturated carbocycles. The van der Waals surface area contributed by atoms with E-state index >= 15 is 0 Å². The Hall–Kier alpha value is -4.54. The number of hydrogen-bond donors (Lipinski definition) is 2. The van der Waals surface area contributed by atoms with Crippen molar-refractivity contribution in [3.8, 4) is 0 Å². The number of likely N-dealkylation sites (N-methyl/N-ethyl adjacent to an activating group) is 2. The number of rotatable bonds is 10. The molecule has 10 heteroatoms. The zero-order chi connectivity index (χ0) is 30.0. The Balaban J connectivity index is 1.24. The van der Waals surface area contributed by atoms with Gasteiger partial charge < -0.3 is 11.5 Å². The fourth-order valence-electron chi connectivity index (χ4n) is 5.53. The quantitative estimate of drug-likeness (QED) is 0.282. The van der Waals surface area contributed by atoms with E-state index in [9.17, 15) is 19.2 Å². The minimum absolute atomic E-state index is 0.0593. The summed E-state index contributed by atoms with van der Waals surface area (Å²) in [5, 5.41) is 0. The molecule has 218 valence electrons. The van der Waals surface area contributed by atoms with Crippen LogP contribution in [0.1, 0.15) is 24.0 Å². The van der Waals surface area contributed by atoms with Gasteiger partial charge in [0.25, 0.3) is 11.8 Å². The van der Waals surface area contributed by atoms with Crippen LogP contribution < -0.4 is 21.3 Å². The van der Waals surface area contributed by atoms with Crippen LogP contribution in [0.2, 0.25) is 0 Å². The van der Waals surface area contributed by atoms with Crippen molar-refractivity contribution in [2.45, 2.75) is 37.8 Å². The van der Waals surface area contributed by atoms with Gasteiger partial charge in [0.15, 0.2) is 0 Å². The minimum Gasteiger partial charge on any atom is -0.399 e. The number of hydrogen-bond acceptors (Lipinski definition) is 8. The van der Waals surface area contributed by atoms with Gasteiger partial charge in [-0.15, -0.1) is 0 Å². The van der Waals surface area contributed by atoms with E-state index < -0.39 is 12.1 Å². The van der Waals surface area contributed by atoms with Crippen LogP contribution in [0.15, 0.2) is 72.8 Å². The molecule has 2 unspecified atom stereocenters. The van der Waals surface area contributed by atoms with Crippen molar-refractivity contribution < 1.29 is 19.2 Å². The summed E-state index contributed by atoms with van der Waals surface area (Å²) < 4.78 is 0. The highest BCUT2D eigenvalue weighted by Gasteiger charge is 2.44. The lowest BCUT2D eigenvalue weighted by molar-refractivity contribution is -0.124. The van der Waals surface area contributed by atoms with E-state index in [2.05, 4.69) is 0 Å². The Morgan fingerprint density at radius 3 is 1.40 bits per heavy atom. The highest BCUT2D eigenvalue weighted by molar-refractivity contribution is 6.24. The average Bonchev–Trinajstić information content (AvgIpc) is 3.45. The summed E-state index contributed by atoms with van der Waals surface area (Å²) in [7, 11) is 3.66. The van der Waals surface area contributed by atoms with Gasteiger partial charge in [0.2, 0.25) is 11.8 Å². The number of carbonyl (C=O) groups excluding carboxylic acids is 4. The minimum atomic E-state index is -0.593. The molecule has 0 aromatic heterocycles. The fraction of sp³-hybridized carbons (Fsp3) is 0.312. The summed E-state index contributed by atoms with van der Waals surface area (Å²) in [5.74, 6) is -1.28. The predicted octanol–water partition coefficient (Wildman–Crippen LogP) is 2.46. The van der Waals surface area contributed by atoms with Crippen molar-refractivity contribution in [3.63, 3.8) is 0 Å². The average molecular weight is 569 g/mol. The van der Waals surface area contributed by atoms with Gasteiger partial charge in [-0.3, -0.25) is 29.0 Å². The van der Waals surface area contributed by atoms with Crippen LogP contribution in [0.3, 0.4) is 0 Å². The first kappa shape index (κ1) is 29.0. The summed E-state index contributed by atoms with van der Waals surface area (Å²) in [4.78, 5) is 59.0. The molecule has 42 heavy (non-hydrogen) atoms. The molecule has 3 aromatic carbocycles. The highest BCUT2D eigenvalue weighted by Crippen LogP contribution is 2.32. The Morgan fingerprint density at radius 2 is 1.02 bits per heavy atom. The van der Waals surface area contributed by atoms with Crippen molar-refractivity contribution in [3.05, 3.63) is 83.9 Å². The third kappa shape index (κ3) is 6.05. The van der Waals surface area contributed by atoms with Gasteiger partial charge in [0.05, 0.1) is 36.3 Å². The topological polar surface area (TPSA) is 133 Å². The van der Waals surface area contributed by atoms with Crippen molar-refractivity contribution in [2.75, 3.05) is 48.5 Å². The first-order valence-electron chi connectivity index (χ1n) is 14.1. The lowest BCUT2D eigenvalue weighted by Gasteiger charge is -2.24. The van der Waals surface area contributed by atoms with E-state index in [0.29, 0.717) is 48.7 Å². The largest absolute Gasteiger partial charge is 0.399 e. The number of nitrogens with two attached hydrogens (primary N) is 2. The molecule has 2 aliphatic rings. The van der Waals surface area contributed by atoms with Crippen LogP contribution in [-0.4, -0.2) is 72.7 Å². The maximum Gasteiger partial charge on any atom is 0.251 e. The lowest BCUT2D eigenvalue weighted by atomic mass is 10.1.